The van der Waals surface area contributed by atoms with Crippen LogP contribution in [0, 0.1) is 6.92 Å². The maximum absolute atomic E-state index is 12.7. The normalized spacial score (nSPS) is 11.3. The predicted octanol–water partition coefficient (Wildman–Crippen LogP) is 5.89. The zero-order valence-electron chi connectivity index (χ0n) is 16.0. The molecular weight excluding hydrogens is 472 g/mol. The van der Waals surface area contributed by atoms with Gasteiger partial charge < -0.3 is 5.32 Å². The van der Waals surface area contributed by atoms with Crippen LogP contribution in [0.4, 0.5) is 11.4 Å². The molecule has 0 radical (unpaired) electrons. The fourth-order valence-electron chi connectivity index (χ4n) is 2.78. The molecule has 0 aliphatic heterocycles. The number of amides is 1. The Balaban J connectivity index is 1.77. The van der Waals surface area contributed by atoms with Gasteiger partial charge in [0.1, 0.15) is 0 Å². The average molecular weight is 493 g/mol. The van der Waals surface area contributed by atoms with Crippen molar-refractivity contribution in [2.75, 3.05) is 15.8 Å². The molecule has 0 aliphatic carbocycles. The average Bonchev–Trinajstić information content (AvgIpc) is 3.15. The first-order valence-electron chi connectivity index (χ1n) is 9.06. The van der Waals surface area contributed by atoms with Gasteiger partial charge in [-0.15, -0.1) is 11.3 Å². The molecule has 0 aliphatic rings. The quantitative estimate of drug-likeness (QED) is 0.431. The second-order valence-electron chi connectivity index (χ2n) is 6.52. The standard InChI is InChI=1S/C21H21BrN2O3S2/c1-3-13-29(26,27)24-18-6-4-5-17(14(18)2)23-21(25)20-12-11-19(28-20)15-7-9-16(22)10-8-15/h4-12,24H,3,13H2,1-2H3,(H,23,25). The first kappa shape index (κ1) is 21.5. The van der Waals surface area contributed by atoms with Crippen LogP contribution in [0.5, 0.6) is 0 Å². The molecule has 29 heavy (non-hydrogen) atoms. The van der Waals surface area contributed by atoms with Gasteiger partial charge in [-0.1, -0.05) is 41.1 Å². The molecule has 0 atom stereocenters. The minimum absolute atomic E-state index is 0.0526. The first-order valence-corrected chi connectivity index (χ1v) is 12.3. The minimum Gasteiger partial charge on any atom is -0.321 e. The molecule has 0 bridgehead atoms. The van der Waals surface area contributed by atoms with Crippen LogP contribution in [-0.4, -0.2) is 20.1 Å². The van der Waals surface area contributed by atoms with Crippen molar-refractivity contribution < 1.29 is 13.2 Å². The van der Waals surface area contributed by atoms with Crippen LogP contribution >= 0.6 is 27.3 Å². The summed E-state index contributed by atoms with van der Waals surface area (Å²) in [6, 6.07) is 16.8. The zero-order chi connectivity index (χ0) is 21.0. The SMILES string of the molecule is CCCS(=O)(=O)Nc1cccc(NC(=O)c2ccc(-c3ccc(Br)cc3)s2)c1C. The summed E-state index contributed by atoms with van der Waals surface area (Å²) >= 11 is 4.83. The molecule has 8 heteroatoms. The Morgan fingerprint density at radius 1 is 1.03 bits per heavy atom. The van der Waals surface area contributed by atoms with Gasteiger partial charge in [-0.05, 0) is 60.9 Å². The molecule has 5 nitrogen and oxygen atoms in total. The summed E-state index contributed by atoms with van der Waals surface area (Å²) in [7, 11) is -3.40. The summed E-state index contributed by atoms with van der Waals surface area (Å²) in [6.45, 7) is 3.59. The Labute approximate surface area is 183 Å². The number of halogens is 1. The third-order valence-electron chi connectivity index (χ3n) is 4.28. The molecule has 0 unspecified atom stereocenters. The van der Waals surface area contributed by atoms with Gasteiger partial charge in [0, 0.05) is 15.0 Å². The van der Waals surface area contributed by atoms with E-state index in [2.05, 4.69) is 26.0 Å². The van der Waals surface area contributed by atoms with E-state index in [1.54, 1.807) is 31.2 Å². The summed E-state index contributed by atoms with van der Waals surface area (Å²) < 4.78 is 27.7. The van der Waals surface area contributed by atoms with Crippen molar-refractivity contribution in [2.24, 2.45) is 0 Å². The van der Waals surface area contributed by atoms with E-state index in [-0.39, 0.29) is 11.7 Å². The van der Waals surface area contributed by atoms with Crippen molar-refractivity contribution >= 4 is 54.6 Å². The van der Waals surface area contributed by atoms with Gasteiger partial charge in [0.05, 0.1) is 16.3 Å². The van der Waals surface area contributed by atoms with Crippen LogP contribution in [-0.2, 0) is 10.0 Å². The summed E-state index contributed by atoms with van der Waals surface area (Å²) in [6.07, 6.45) is 0.532. The number of benzene rings is 2. The Bertz CT molecular complexity index is 1120. The van der Waals surface area contributed by atoms with Gasteiger partial charge in [0.15, 0.2) is 0 Å². The van der Waals surface area contributed by atoms with Gasteiger partial charge in [0.25, 0.3) is 5.91 Å². The monoisotopic (exact) mass is 492 g/mol. The number of nitrogens with one attached hydrogen (secondary N) is 2. The fourth-order valence-corrected chi connectivity index (χ4v) is 5.15. The number of sulfonamides is 1. The third kappa shape index (κ3) is 5.46. The molecule has 0 spiro atoms. The fraction of sp³-hybridized carbons (Fsp3) is 0.190. The zero-order valence-corrected chi connectivity index (χ0v) is 19.2. The number of hydrogen-bond donors (Lipinski definition) is 2. The predicted molar refractivity (Wildman–Crippen MR) is 124 cm³/mol. The number of hydrogen-bond acceptors (Lipinski definition) is 4. The maximum atomic E-state index is 12.7. The van der Waals surface area contributed by atoms with Crippen LogP contribution in [0.25, 0.3) is 10.4 Å². The lowest BCUT2D eigenvalue weighted by atomic mass is 10.1. The minimum atomic E-state index is -3.40. The lowest BCUT2D eigenvalue weighted by Gasteiger charge is -2.14. The van der Waals surface area contributed by atoms with Crippen LogP contribution in [0.2, 0.25) is 0 Å². The highest BCUT2D eigenvalue weighted by Gasteiger charge is 2.15. The van der Waals surface area contributed by atoms with Crippen molar-refractivity contribution in [2.45, 2.75) is 20.3 Å². The summed E-state index contributed by atoms with van der Waals surface area (Å²) in [5.41, 5.74) is 2.76. The van der Waals surface area contributed by atoms with Crippen LogP contribution in [0.3, 0.4) is 0 Å². The highest BCUT2D eigenvalue weighted by atomic mass is 79.9. The van der Waals surface area contributed by atoms with E-state index in [0.717, 1.165) is 14.9 Å². The summed E-state index contributed by atoms with van der Waals surface area (Å²) in [5, 5.41) is 2.89. The Morgan fingerprint density at radius 2 is 1.72 bits per heavy atom. The number of rotatable bonds is 7. The Kier molecular flexibility index (Phi) is 6.77. The summed E-state index contributed by atoms with van der Waals surface area (Å²) in [4.78, 5) is 14.3. The molecule has 0 saturated carbocycles. The van der Waals surface area contributed by atoms with Crippen molar-refractivity contribution in [3.05, 3.63) is 69.5 Å². The first-order chi connectivity index (χ1) is 13.8. The second-order valence-corrected chi connectivity index (χ2v) is 10.4. The van der Waals surface area contributed by atoms with Crippen LogP contribution < -0.4 is 10.0 Å². The van der Waals surface area contributed by atoms with Gasteiger partial charge in [-0.2, -0.15) is 0 Å². The van der Waals surface area contributed by atoms with Gasteiger partial charge in [0.2, 0.25) is 10.0 Å². The molecule has 152 valence electrons. The molecule has 3 aromatic rings. The molecule has 2 aromatic carbocycles. The van der Waals surface area contributed by atoms with E-state index in [0.29, 0.717) is 28.2 Å². The van der Waals surface area contributed by atoms with E-state index >= 15 is 0 Å². The van der Waals surface area contributed by atoms with Gasteiger partial charge in [-0.25, -0.2) is 8.42 Å². The number of carbonyl (C=O) groups is 1. The lowest BCUT2D eigenvalue weighted by molar-refractivity contribution is 0.103. The van der Waals surface area contributed by atoms with Crippen molar-refractivity contribution in [3.8, 4) is 10.4 Å². The maximum Gasteiger partial charge on any atom is 0.265 e. The molecule has 1 aromatic heterocycles. The lowest BCUT2D eigenvalue weighted by Crippen LogP contribution is -2.17. The molecule has 2 N–H and O–H groups in total. The topological polar surface area (TPSA) is 75.3 Å². The van der Waals surface area contributed by atoms with Gasteiger partial charge in [-0.3, -0.25) is 9.52 Å². The largest absolute Gasteiger partial charge is 0.321 e. The van der Waals surface area contributed by atoms with Crippen LogP contribution in [0.15, 0.2) is 59.1 Å². The Hall–Kier alpha value is -2.16. The number of thiophene rings is 1. The van der Waals surface area contributed by atoms with E-state index in [1.807, 2.05) is 37.3 Å². The molecular formula is C21H21BrN2O3S2. The molecule has 1 heterocycles. The molecule has 0 fully saturated rings. The third-order valence-corrected chi connectivity index (χ3v) is 7.42. The van der Waals surface area contributed by atoms with Crippen molar-refractivity contribution in [1.29, 1.82) is 0 Å². The Morgan fingerprint density at radius 3 is 2.41 bits per heavy atom. The number of carbonyl (C=O) groups excluding carboxylic acids is 1. The summed E-state index contributed by atoms with van der Waals surface area (Å²) in [5.74, 6) is -0.174. The molecule has 3 rings (SSSR count). The van der Waals surface area contributed by atoms with E-state index in [4.69, 9.17) is 0 Å². The highest BCUT2D eigenvalue weighted by molar-refractivity contribution is 9.10. The van der Waals surface area contributed by atoms with Crippen LogP contribution in [0.1, 0.15) is 28.6 Å². The highest BCUT2D eigenvalue weighted by Crippen LogP contribution is 2.30. The van der Waals surface area contributed by atoms with E-state index in [1.165, 1.54) is 11.3 Å². The van der Waals surface area contributed by atoms with Crippen molar-refractivity contribution in [1.82, 2.24) is 0 Å². The molecule has 1 amide bonds. The molecule has 0 saturated heterocycles. The van der Waals surface area contributed by atoms with Crippen molar-refractivity contribution in [3.63, 3.8) is 0 Å². The smallest absolute Gasteiger partial charge is 0.265 e. The van der Waals surface area contributed by atoms with E-state index in [9.17, 15) is 13.2 Å². The second kappa shape index (κ2) is 9.11. The van der Waals surface area contributed by atoms with E-state index < -0.39 is 10.0 Å². The van der Waals surface area contributed by atoms with Gasteiger partial charge >= 0.3 is 0 Å². The number of anilines is 2.